The van der Waals surface area contributed by atoms with Crippen LogP contribution < -0.4 is 9.47 Å². The molecule has 1 atom stereocenters. The molecule has 2 aliphatic heterocycles. The van der Waals surface area contributed by atoms with E-state index in [9.17, 15) is 0 Å². The minimum absolute atomic E-state index is 0.317. The summed E-state index contributed by atoms with van der Waals surface area (Å²) in [5.41, 5.74) is 4.93. The third kappa shape index (κ3) is 3.35. The minimum atomic E-state index is 0.317. The SMILES string of the molecule is c1cc(CN2CCCC(c3[nH]ncc3-c3cccc4ccccc34)C2)c2c(c1)OCO2. The first kappa shape index (κ1) is 18.5. The molecular weight excluding hydrogens is 386 g/mol. The molecule has 6 rings (SSSR count). The van der Waals surface area contributed by atoms with E-state index >= 15 is 0 Å². The fraction of sp³-hybridized carbons (Fsp3) is 0.269. The lowest BCUT2D eigenvalue weighted by molar-refractivity contribution is 0.169. The van der Waals surface area contributed by atoms with Gasteiger partial charge in [0.2, 0.25) is 6.79 Å². The van der Waals surface area contributed by atoms with Gasteiger partial charge in [-0.25, -0.2) is 0 Å². The van der Waals surface area contributed by atoms with Crippen LogP contribution in [0.2, 0.25) is 0 Å². The molecule has 0 bridgehead atoms. The lowest BCUT2D eigenvalue weighted by Crippen LogP contribution is -2.34. The van der Waals surface area contributed by atoms with Crippen molar-refractivity contribution in [3.63, 3.8) is 0 Å². The van der Waals surface area contributed by atoms with E-state index in [1.807, 2.05) is 12.3 Å². The van der Waals surface area contributed by atoms with E-state index in [0.29, 0.717) is 12.7 Å². The fourth-order valence-corrected chi connectivity index (χ4v) is 5.07. The number of fused-ring (bicyclic) bond motifs is 2. The van der Waals surface area contributed by atoms with E-state index in [2.05, 4.69) is 69.7 Å². The van der Waals surface area contributed by atoms with Gasteiger partial charge in [-0.15, -0.1) is 0 Å². The number of piperidine rings is 1. The summed E-state index contributed by atoms with van der Waals surface area (Å²) >= 11 is 0. The molecule has 0 radical (unpaired) electrons. The monoisotopic (exact) mass is 411 g/mol. The number of hydrogen-bond donors (Lipinski definition) is 1. The Morgan fingerprint density at radius 3 is 2.87 bits per heavy atom. The van der Waals surface area contributed by atoms with E-state index in [1.54, 1.807) is 0 Å². The molecule has 1 unspecified atom stereocenters. The Morgan fingerprint density at radius 2 is 1.87 bits per heavy atom. The molecule has 5 nitrogen and oxygen atoms in total. The van der Waals surface area contributed by atoms with E-state index < -0.39 is 0 Å². The summed E-state index contributed by atoms with van der Waals surface area (Å²) in [6.07, 6.45) is 4.33. The molecule has 1 aromatic heterocycles. The predicted octanol–water partition coefficient (Wildman–Crippen LogP) is 5.34. The van der Waals surface area contributed by atoms with Crippen molar-refractivity contribution in [2.24, 2.45) is 0 Å². The van der Waals surface area contributed by atoms with Crippen LogP contribution in [0.4, 0.5) is 0 Å². The van der Waals surface area contributed by atoms with Crippen LogP contribution in [0.15, 0.2) is 66.9 Å². The molecule has 0 amide bonds. The predicted molar refractivity (Wildman–Crippen MR) is 121 cm³/mol. The van der Waals surface area contributed by atoms with E-state index in [-0.39, 0.29) is 0 Å². The number of nitrogens with zero attached hydrogens (tertiary/aromatic N) is 2. The average Bonchev–Trinajstić information content (AvgIpc) is 3.49. The van der Waals surface area contributed by atoms with Gasteiger partial charge in [-0.05, 0) is 41.8 Å². The van der Waals surface area contributed by atoms with Crippen molar-refractivity contribution in [3.05, 3.63) is 78.1 Å². The highest BCUT2D eigenvalue weighted by molar-refractivity contribution is 5.97. The van der Waals surface area contributed by atoms with Gasteiger partial charge in [0.15, 0.2) is 11.5 Å². The van der Waals surface area contributed by atoms with Crippen LogP contribution in [-0.4, -0.2) is 35.0 Å². The summed E-state index contributed by atoms with van der Waals surface area (Å²) in [4.78, 5) is 2.53. The second-order valence-electron chi connectivity index (χ2n) is 8.45. The summed E-state index contributed by atoms with van der Waals surface area (Å²) in [5.74, 6) is 2.19. The maximum atomic E-state index is 5.72. The molecule has 1 saturated heterocycles. The molecule has 3 aromatic carbocycles. The molecule has 0 aliphatic carbocycles. The first-order chi connectivity index (χ1) is 15.4. The maximum absolute atomic E-state index is 5.72. The number of para-hydroxylation sites is 1. The third-order valence-electron chi connectivity index (χ3n) is 6.53. The second kappa shape index (κ2) is 7.75. The number of benzene rings is 3. The number of hydrogen-bond acceptors (Lipinski definition) is 4. The molecule has 5 heteroatoms. The molecule has 31 heavy (non-hydrogen) atoms. The van der Waals surface area contributed by atoms with Crippen LogP contribution in [0.3, 0.4) is 0 Å². The van der Waals surface area contributed by atoms with Crippen LogP contribution in [0.1, 0.15) is 30.0 Å². The van der Waals surface area contributed by atoms with Gasteiger partial charge in [0.1, 0.15) is 0 Å². The zero-order valence-electron chi connectivity index (χ0n) is 17.4. The van der Waals surface area contributed by atoms with Crippen LogP contribution in [-0.2, 0) is 6.54 Å². The van der Waals surface area contributed by atoms with Gasteiger partial charge in [-0.1, -0.05) is 54.6 Å². The quantitative estimate of drug-likeness (QED) is 0.493. The van der Waals surface area contributed by atoms with Crippen LogP contribution in [0, 0.1) is 0 Å². The first-order valence-electron chi connectivity index (χ1n) is 11.0. The van der Waals surface area contributed by atoms with E-state index in [1.165, 1.54) is 46.0 Å². The van der Waals surface area contributed by atoms with Crippen molar-refractivity contribution in [2.45, 2.75) is 25.3 Å². The highest BCUT2D eigenvalue weighted by Crippen LogP contribution is 2.39. The molecular formula is C26H25N3O2. The normalized spacial score (nSPS) is 18.5. The Balaban J connectivity index is 1.28. The second-order valence-corrected chi connectivity index (χ2v) is 8.45. The number of rotatable bonds is 4. The molecule has 156 valence electrons. The smallest absolute Gasteiger partial charge is 0.231 e. The molecule has 0 spiro atoms. The molecule has 1 N–H and O–H groups in total. The largest absolute Gasteiger partial charge is 0.454 e. The molecule has 0 saturated carbocycles. The van der Waals surface area contributed by atoms with Crippen LogP contribution >= 0.6 is 0 Å². The number of aromatic nitrogens is 2. The number of likely N-dealkylation sites (tertiary alicyclic amines) is 1. The summed E-state index contributed by atoms with van der Waals surface area (Å²) < 4.78 is 11.3. The Hall–Kier alpha value is -3.31. The van der Waals surface area contributed by atoms with Crippen molar-refractivity contribution in [3.8, 4) is 22.6 Å². The Labute approximate surface area is 181 Å². The lowest BCUT2D eigenvalue weighted by atomic mass is 9.89. The Kier molecular flexibility index (Phi) is 4.61. The fourth-order valence-electron chi connectivity index (χ4n) is 5.07. The van der Waals surface area contributed by atoms with Crippen molar-refractivity contribution >= 4 is 10.8 Å². The summed E-state index contributed by atoms with van der Waals surface area (Å²) in [6, 6.07) is 21.3. The highest BCUT2D eigenvalue weighted by Gasteiger charge is 2.27. The maximum Gasteiger partial charge on any atom is 0.231 e. The summed E-state index contributed by atoms with van der Waals surface area (Å²) in [5, 5.41) is 10.3. The lowest BCUT2D eigenvalue weighted by Gasteiger charge is -2.33. The number of nitrogens with one attached hydrogen (secondary N) is 1. The molecule has 2 aliphatic rings. The zero-order valence-corrected chi connectivity index (χ0v) is 17.4. The number of aromatic amines is 1. The zero-order chi connectivity index (χ0) is 20.6. The van der Waals surface area contributed by atoms with Gasteiger partial charge in [0.05, 0.1) is 6.20 Å². The molecule has 1 fully saturated rings. The van der Waals surface area contributed by atoms with Crippen LogP contribution in [0.25, 0.3) is 21.9 Å². The van der Waals surface area contributed by atoms with Crippen molar-refractivity contribution in [2.75, 3.05) is 19.9 Å². The Bertz CT molecular complexity index is 1230. The summed E-state index contributed by atoms with van der Waals surface area (Å²) in [6.45, 7) is 3.29. The van der Waals surface area contributed by atoms with Crippen LogP contribution in [0.5, 0.6) is 11.5 Å². The third-order valence-corrected chi connectivity index (χ3v) is 6.53. The topological polar surface area (TPSA) is 50.4 Å². The van der Waals surface area contributed by atoms with Gasteiger partial charge in [0.25, 0.3) is 0 Å². The van der Waals surface area contributed by atoms with Crippen molar-refractivity contribution < 1.29 is 9.47 Å². The van der Waals surface area contributed by atoms with E-state index in [4.69, 9.17) is 9.47 Å². The number of H-pyrrole nitrogens is 1. The van der Waals surface area contributed by atoms with E-state index in [0.717, 1.165) is 31.1 Å². The van der Waals surface area contributed by atoms with Gasteiger partial charge in [0, 0.05) is 35.8 Å². The van der Waals surface area contributed by atoms with Gasteiger partial charge < -0.3 is 9.47 Å². The number of ether oxygens (including phenoxy) is 2. The van der Waals surface area contributed by atoms with Crippen molar-refractivity contribution in [1.29, 1.82) is 0 Å². The average molecular weight is 412 g/mol. The molecule has 4 aromatic rings. The highest BCUT2D eigenvalue weighted by atomic mass is 16.7. The van der Waals surface area contributed by atoms with Gasteiger partial charge >= 0.3 is 0 Å². The first-order valence-corrected chi connectivity index (χ1v) is 11.0. The minimum Gasteiger partial charge on any atom is -0.454 e. The summed E-state index contributed by atoms with van der Waals surface area (Å²) in [7, 11) is 0. The van der Waals surface area contributed by atoms with Crippen molar-refractivity contribution in [1.82, 2.24) is 15.1 Å². The van der Waals surface area contributed by atoms with Gasteiger partial charge in [-0.3, -0.25) is 10.00 Å². The molecule has 3 heterocycles. The standard InChI is InChI=1S/C26H25N3O2/c1-2-10-21-18(6-1)7-3-11-22(21)23-14-27-28-25(23)19-9-5-13-29(15-19)16-20-8-4-12-24-26(20)31-17-30-24/h1-4,6-8,10-12,14,19H,5,9,13,15-17H2,(H,27,28). The van der Waals surface area contributed by atoms with Gasteiger partial charge in [-0.2, -0.15) is 5.10 Å². The Morgan fingerprint density at radius 1 is 0.968 bits per heavy atom.